The van der Waals surface area contributed by atoms with Crippen LogP contribution in [0.4, 0.5) is 0 Å². The molecule has 0 unspecified atom stereocenters. The van der Waals surface area contributed by atoms with Crippen LogP contribution >= 0.6 is 0 Å². The monoisotopic (exact) mass is 467 g/mol. The molecule has 34 heavy (non-hydrogen) atoms. The lowest BCUT2D eigenvalue weighted by Crippen LogP contribution is -2.41. The van der Waals surface area contributed by atoms with Crippen LogP contribution in [0.5, 0.6) is 11.5 Å². The summed E-state index contributed by atoms with van der Waals surface area (Å²) in [5.74, 6) is 0.724. The van der Waals surface area contributed by atoms with Crippen molar-refractivity contribution in [2.75, 3.05) is 13.1 Å². The van der Waals surface area contributed by atoms with Gasteiger partial charge in [0.25, 0.3) is 5.91 Å². The SMILES string of the molecule is CC(C)c1cc(-c2nnc(C(=O)NC3CC3)n2C2CCC(N3CCCCC3)CC2)c(O)cc1O. The maximum Gasteiger partial charge on any atom is 0.289 e. The van der Waals surface area contributed by atoms with Crippen molar-refractivity contribution in [3.8, 4) is 22.9 Å². The molecule has 3 aliphatic rings. The summed E-state index contributed by atoms with van der Waals surface area (Å²) in [4.78, 5) is 15.7. The Kier molecular flexibility index (Phi) is 6.51. The van der Waals surface area contributed by atoms with Gasteiger partial charge in [-0.15, -0.1) is 10.2 Å². The number of rotatable bonds is 6. The van der Waals surface area contributed by atoms with Gasteiger partial charge < -0.3 is 20.4 Å². The molecule has 3 N–H and O–H groups in total. The van der Waals surface area contributed by atoms with Gasteiger partial charge in [0.2, 0.25) is 5.82 Å². The summed E-state index contributed by atoms with van der Waals surface area (Å²) in [6.45, 7) is 6.39. The van der Waals surface area contributed by atoms with Crippen molar-refractivity contribution >= 4 is 5.91 Å². The van der Waals surface area contributed by atoms with E-state index < -0.39 is 0 Å². The Bertz CT molecular complexity index is 1030. The fourth-order valence-electron chi connectivity index (χ4n) is 5.65. The molecule has 8 nitrogen and oxygen atoms in total. The highest BCUT2D eigenvalue weighted by molar-refractivity contribution is 5.92. The van der Waals surface area contributed by atoms with Crippen molar-refractivity contribution in [3.05, 3.63) is 23.5 Å². The van der Waals surface area contributed by atoms with Crippen molar-refractivity contribution < 1.29 is 15.0 Å². The zero-order valence-corrected chi connectivity index (χ0v) is 20.3. The Hall–Kier alpha value is -2.61. The molecule has 184 valence electrons. The van der Waals surface area contributed by atoms with E-state index in [4.69, 9.17) is 0 Å². The second-order valence-electron chi connectivity index (χ2n) is 10.6. The van der Waals surface area contributed by atoms with Crippen molar-refractivity contribution in [3.63, 3.8) is 0 Å². The first-order valence-corrected chi connectivity index (χ1v) is 13.0. The molecule has 2 heterocycles. The van der Waals surface area contributed by atoms with Gasteiger partial charge in [0.1, 0.15) is 11.5 Å². The molecule has 1 aliphatic heterocycles. The minimum absolute atomic E-state index is 0.0493. The molecular formula is C26H37N5O3. The third kappa shape index (κ3) is 4.65. The number of piperidine rings is 1. The smallest absolute Gasteiger partial charge is 0.289 e. The van der Waals surface area contributed by atoms with Crippen molar-refractivity contribution in [1.29, 1.82) is 0 Å². The third-order valence-electron chi connectivity index (χ3n) is 7.76. The number of likely N-dealkylation sites (tertiary alicyclic amines) is 1. The summed E-state index contributed by atoms with van der Waals surface area (Å²) in [6, 6.07) is 4.10. The second kappa shape index (κ2) is 9.56. The van der Waals surface area contributed by atoms with Gasteiger partial charge in [-0.3, -0.25) is 9.36 Å². The summed E-state index contributed by atoms with van der Waals surface area (Å²) < 4.78 is 1.96. The van der Waals surface area contributed by atoms with Gasteiger partial charge in [-0.2, -0.15) is 0 Å². The fraction of sp³-hybridized carbons (Fsp3) is 0.654. The summed E-state index contributed by atoms with van der Waals surface area (Å²) in [6.07, 6.45) is 10.0. The van der Waals surface area contributed by atoms with E-state index >= 15 is 0 Å². The van der Waals surface area contributed by atoms with Crippen LogP contribution in [0, 0.1) is 0 Å². The highest BCUT2D eigenvalue weighted by Gasteiger charge is 2.34. The average molecular weight is 468 g/mol. The van der Waals surface area contributed by atoms with E-state index in [1.54, 1.807) is 6.07 Å². The number of carbonyl (C=O) groups is 1. The normalized spacial score (nSPS) is 23.9. The number of benzene rings is 1. The van der Waals surface area contributed by atoms with E-state index in [0.717, 1.165) is 44.1 Å². The minimum atomic E-state index is -0.193. The molecule has 1 amide bonds. The van der Waals surface area contributed by atoms with Gasteiger partial charge in [0, 0.05) is 24.2 Å². The van der Waals surface area contributed by atoms with Gasteiger partial charge in [-0.05, 0) is 82.0 Å². The minimum Gasteiger partial charge on any atom is -0.508 e. The Balaban J connectivity index is 1.47. The molecule has 0 radical (unpaired) electrons. The number of amides is 1. The largest absolute Gasteiger partial charge is 0.508 e. The number of hydrogen-bond donors (Lipinski definition) is 3. The van der Waals surface area contributed by atoms with Gasteiger partial charge in [-0.1, -0.05) is 20.3 Å². The average Bonchev–Trinajstić information content (AvgIpc) is 3.54. The van der Waals surface area contributed by atoms with E-state index in [-0.39, 0.29) is 35.4 Å². The molecule has 1 aromatic carbocycles. The summed E-state index contributed by atoms with van der Waals surface area (Å²) in [5.41, 5.74) is 1.25. The number of phenolic OH excluding ortho intramolecular Hbond substituents is 2. The molecule has 5 rings (SSSR count). The predicted octanol–water partition coefficient (Wildman–Crippen LogP) is 4.34. The molecule has 0 bridgehead atoms. The number of hydrogen-bond acceptors (Lipinski definition) is 6. The summed E-state index contributed by atoms with van der Waals surface area (Å²) in [7, 11) is 0. The van der Waals surface area contributed by atoms with Crippen LogP contribution in [-0.2, 0) is 0 Å². The molecule has 3 fully saturated rings. The van der Waals surface area contributed by atoms with E-state index in [1.165, 1.54) is 38.4 Å². The van der Waals surface area contributed by atoms with E-state index in [0.29, 0.717) is 23.3 Å². The Morgan fingerprint density at radius 3 is 2.26 bits per heavy atom. The molecule has 2 aromatic rings. The van der Waals surface area contributed by atoms with Crippen molar-refractivity contribution in [1.82, 2.24) is 25.0 Å². The lowest BCUT2D eigenvalue weighted by atomic mass is 9.88. The van der Waals surface area contributed by atoms with Gasteiger partial charge in [-0.25, -0.2) is 0 Å². The van der Waals surface area contributed by atoms with E-state index in [9.17, 15) is 15.0 Å². The molecule has 8 heteroatoms. The predicted molar refractivity (Wildman–Crippen MR) is 130 cm³/mol. The lowest BCUT2D eigenvalue weighted by Gasteiger charge is -2.39. The number of nitrogens with zero attached hydrogens (tertiary/aromatic N) is 4. The van der Waals surface area contributed by atoms with E-state index in [2.05, 4.69) is 20.4 Å². The molecule has 0 spiro atoms. The van der Waals surface area contributed by atoms with Crippen LogP contribution in [0.25, 0.3) is 11.4 Å². The summed E-state index contributed by atoms with van der Waals surface area (Å²) >= 11 is 0. The maximum atomic E-state index is 13.1. The Morgan fingerprint density at radius 1 is 0.941 bits per heavy atom. The maximum absolute atomic E-state index is 13.1. The fourth-order valence-corrected chi connectivity index (χ4v) is 5.65. The Labute approximate surface area is 201 Å². The Morgan fingerprint density at radius 2 is 1.62 bits per heavy atom. The van der Waals surface area contributed by atoms with Crippen LogP contribution in [0.3, 0.4) is 0 Å². The first-order chi connectivity index (χ1) is 16.4. The number of nitrogens with one attached hydrogen (secondary N) is 1. The quantitative estimate of drug-likeness (QED) is 0.584. The lowest BCUT2D eigenvalue weighted by molar-refractivity contribution is 0.0922. The zero-order valence-electron chi connectivity index (χ0n) is 20.3. The highest BCUT2D eigenvalue weighted by atomic mass is 16.3. The molecule has 0 atom stereocenters. The number of aromatic hydroxyl groups is 2. The summed E-state index contributed by atoms with van der Waals surface area (Å²) in [5, 5.41) is 32.9. The molecule has 1 aromatic heterocycles. The molecule has 1 saturated heterocycles. The standard InChI is InChI=1S/C26H37N5O3/c1-16(2)20-14-21(23(33)15-22(20)32)24-28-29-25(26(34)27-17-6-7-17)31(24)19-10-8-18(9-11-19)30-12-4-3-5-13-30/h14-19,32-33H,3-13H2,1-2H3,(H,27,34). The van der Waals surface area contributed by atoms with Gasteiger partial charge >= 0.3 is 0 Å². The van der Waals surface area contributed by atoms with Crippen LogP contribution in [-0.4, -0.2) is 61.0 Å². The first-order valence-electron chi connectivity index (χ1n) is 13.0. The topological polar surface area (TPSA) is 104 Å². The van der Waals surface area contributed by atoms with Crippen LogP contribution in [0.15, 0.2) is 12.1 Å². The van der Waals surface area contributed by atoms with Crippen LogP contribution in [0.2, 0.25) is 0 Å². The van der Waals surface area contributed by atoms with Crippen molar-refractivity contribution in [2.45, 2.75) is 95.7 Å². The van der Waals surface area contributed by atoms with Crippen LogP contribution in [0.1, 0.15) is 99.8 Å². The zero-order chi connectivity index (χ0) is 23.8. The molecule has 2 aliphatic carbocycles. The van der Waals surface area contributed by atoms with Crippen molar-refractivity contribution in [2.24, 2.45) is 0 Å². The van der Waals surface area contributed by atoms with Gasteiger partial charge in [0.15, 0.2) is 5.82 Å². The highest BCUT2D eigenvalue weighted by Crippen LogP contribution is 2.41. The number of carbonyl (C=O) groups excluding carboxylic acids is 1. The number of aromatic nitrogens is 3. The third-order valence-corrected chi connectivity index (χ3v) is 7.76. The van der Waals surface area contributed by atoms with Gasteiger partial charge in [0.05, 0.1) is 5.56 Å². The molecular weight excluding hydrogens is 430 g/mol. The molecule has 2 saturated carbocycles. The number of phenols is 2. The van der Waals surface area contributed by atoms with Crippen LogP contribution < -0.4 is 5.32 Å². The first kappa shape index (κ1) is 23.1. The van der Waals surface area contributed by atoms with E-state index in [1.807, 2.05) is 18.4 Å². The second-order valence-corrected chi connectivity index (χ2v) is 10.6.